The average Bonchev–Trinajstić information content (AvgIpc) is 2.18. The van der Waals surface area contributed by atoms with Crippen molar-refractivity contribution in [3.05, 3.63) is 23.9 Å². The number of rotatable bonds is 4. The van der Waals surface area contributed by atoms with E-state index in [9.17, 15) is 5.11 Å². The summed E-state index contributed by atoms with van der Waals surface area (Å²) >= 11 is 1.75. The summed E-state index contributed by atoms with van der Waals surface area (Å²) in [6.45, 7) is 6.12. The molecule has 0 amide bonds. The lowest BCUT2D eigenvalue weighted by molar-refractivity contribution is 0.199. The van der Waals surface area contributed by atoms with Crippen molar-refractivity contribution < 1.29 is 5.11 Å². The highest BCUT2D eigenvalue weighted by molar-refractivity contribution is 7.99. The second kappa shape index (κ2) is 5.37. The number of aliphatic hydroxyl groups excluding tert-OH is 1. The summed E-state index contributed by atoms with van der Waals surface area (Å²) in [6, 6.07) is 3.81. The molecule has 0 spiro atoms. The normalized spacial score (nSPS) is 15.1. The number of nitrogens with zero attached hydrogens (tertiary/aromatic N) is 1. The SMILES string of the molecule is CCC(C)Sc1cc(C(C)O)ccn1. The van der Waals surface area contributed by atoms with Crippen LogP contribution in [0.15, 0.2) is 23.4 Å². The molecule has 14 heavy (non-hydrogen) atoms. The van der Waals surface area contributed by atoms with Gasteiger partial charge in [-0.15, -0.1) is 11.8 Å². The van der Waals surface area contributed by atoms with Gasteiger partial charge in [-0.1, -0.05) is 13.8 Å². The van der Waals surface area contributed by atoms with Gasteiger partial charge in [0, 0.05) is 11.4 Å². The largest absolute Gasteiger partial charge is 0.389 e. The minimum absolute atomic E-state index is 0.408. The first kappa shape index (κ1) is 11.5. The molecule has 0 saturated carbocycles. The Bertz CT molecular complexity index is 288. The van der Waals surface area contributed by atoms with Crippen molar-refractivity contribution in [3.8, 4) is 0 Å². The lowest BCUT2D eigenvalue weighted by Gasteiger charge is -2.09. The van der Waals surface area contributed by atoms with E-state index in [1.54, 1.807) is 24.9 Å². The van der Waals surface area contributed by atoms with E-state index in [1.165, 1.54) is 0 Å². The van der Waals surface area contributed by atoms with E-state index in [1.807, 2.05) is 12.1 Å². The highest BCUT2D eigenvalue weighted by atomic mass is 32.2. The highest BCUT2D eigenvalue weighted by Gasteiger charge is 2.06. The van der Waals surface area contributed by atoms with Crippen LogP contribution in [0.3, 0.4) is 0 Å². The summed E-state index contributed by atoms with van der Waals surface area (Å²) in [7, 11) is 0. The van der Waals surface area contributed by atoms with Crippen LogP contribution in [0, 0.1) is 0 Å². The maximum absolute atomic E-state index is 9.40. The van der Waals surface area contributed by atoms with E-state index in [4.69, 9.17) is 0 Å². The number of thioether (sulfide) groups is 1. The average molecular weight is 211 g/mol. The number of hydrogen-bond donors (Lipinski definition) is 1. The predicted octanol–water partition coefficient (Wildman–Crippen LogP) is 3.03. The van der Waals surface area contributed by atoms with E-state index >= 15 is 0 Å². The Morgan fingerprint density at radius 1 is 1.50 bits per heavy atom. The Kier molecular flexibility index (Phi) is 4.42. The Labute approximate surface area is 89.8 Å². The summed E-state index contributed by atoms with van der Waals surface area (Å²) in [4.78, 5) is 4.26. The third-order valence-corrected chi connectivity index (χ3v) is 3.34. The van der Waals surface area contributed by atoms with Gasteiger partial charge in [-0.05, 0) is 31.0 Å². The van der Waals surface area contributed by atoms with Crippen LogP contribution in [0.25, 0.3) is 0 Å². The summed E-state index contributed by atoms with van der Waals surface area (Å²) in [5.41, 5.74) is 0.936. The first-order valence-corrected chi connectivity index (χ1v) is 5.82. The zero-order chi connectivity index (χ0) is 10.6. The molecule has 0 fully saturated rings. The second-order valence-corrected chi connectivity index (χ2v) is 4.90. The lowest BCUT2D eigenvalue weighted by Crippen LogP contribution is -1.96. The fourth-order valence-electron chi connectivity index (χ4n) is 1.04. The molecule has 0 saturated heterocycles. The Morgan fingerprint density at radius 2 is 2.21 bits per heavy atom. The van der Waals surface area contributed by atoms with Gasteiger partial charge in [0.2, 0.25) is 0 Å². The van der Waals surface area contributed by atoms with Crippen molar-refractivity contribution in [3.63, 3.8) is 0 Å². The number of aromatic nitrogens is 1. The van der Waals surface area contributed by atoms with Gasteiger partial charge in [-0.25, -0.2) is 4.98 Å². The van der Waals surface area contributed by atoms with E-state index in [0.29, 0.717) is 5.25 Å². The highest BCUT2D eigenvalue weighted by Crippen LogP contribution is 2.25. The van der Waals surface area contributed by atoms with Crippen molar-refractivity contribution >= 4 is 11.8 Å². The molecule has 2 atom stereocenters. The quantitative estimate of drug-likeness (QED) is 0.777. The Hall–Kier alpha value is -0.540. The number of aliphatic hydroxyl groups is 1. The van der Waals surface area contributed by atoms with Gasteiger partial charge in [0.15, 0.2) is 0 Å². The molecule has 1 aromatic rings. The molecule has 2 nitrogen and oxygen atoms in total. The summed E-state index contributed by atoms with van der Waals surface area (Å²) < 4.78 is 0. The molecule has 1 aromatic heterocycles. The second-order valence-electron chi connectivity index (χ2n) is 3.44. The molecule has 3 heteroatoms. The van der Waals surface area contributed by atoms with Gasteiger partial charge in [-0.3, -0.25) is 0 Å². The van der Waals surface area contributed by atoms with Gasteiger partial charge in [-0.2, -0.15) is 0 Å². The molecule has 1 rings (SSSR count). The van der Waals surface area contributed by atoms with Gasteiger partial charge in [0.05, 0.1) is 11.1 Å². The molecule has 1 heterocycles. The zero-order valence-corrected chi connectivity index (χ0v) is 9.71. The van der Waals surface area contributed by atoms with Gasteiger partial charge in [0.1, 0.15) is 0 Å². The molecule has 0 aliphatic carbocycles. The topological polar surface area (TPSA) is 33.1 Å². The first-order valence-electron chi connectivity index (χ1n) is 4.94. The predicted molar refractivity (Wildman–Crippen MR) is 60.5 cm³/mol. The van der Waals surface area contributed by atoms with Crippen molar-refractivity contribution in [1.29, 1.82) is 0 Å². The molecule has 0 aliphatic rings. The van der Waals surface area contributed by atoms with Crippen LogP contribution in [0.1, 0.15) is 38.9 Å². The van der Waals surface area contributed by atoms with E-state index < -0.39 is 6.10 Å². The zero-order valence-electron chi connectivity index (χ0n) is 8.90. The van der Waals surface area contributed by atoms with Crippen LogP contribution in [0.2, 0.25) is 0 Å². The minimum atomic E-state index is -0.408. The van der Waals surface area contributed by atoms with E-state index in [0.717, 1.165) is 17.0 Å². The fourth-order valence-corrected chi connectivity index (χ4v) is 1.94. The number of pyridine rings is 1. The molecule has 0 aromatic carbocycles. The van der Waals surface area contributed by atoms with E-state index in [2.05, 4.69) is 18.8 Å². The van der Waals surface area contributed by atoms with Crippen LogP contribution < -0.4 is 0 Å². The fraction of sp³-hybridized carbons (Fsp3) is 0.545. The van der Waals surface area contributed by atoms with Crippen LogP contribution in [0.5, 0.6) is 0 Å². The van der Waals surface area contributed by atoms with Crippen molar-refractivity contribution in [2.75, 3.05) is 0 Å². The minimum Gasteiger partial charge on any atom is -0.389 e. The molecule has 0 aliphatic heterocycles. The molecule has 1 N–H and O–H groups in total. The summed E-state index contributed by atoms with van der Waals surface area (Å²) in [5, 5.41) is 11.0. The maximum Gasteiger partial charge on any atom is 0.0966 e. The first-order chi connectivity index (χ1) is 6.63. The summed E-state index contributed by atoms with van der Waals surface area (Å²) in [5.74, 6) is 0. The Morgan fingerprint density at radius 3 is 2.79 bits per heavy atom. The van der Waals surface area contributed by atoms with Gasteiger partial charge < -0.3 is 5.11 Å². The molecule has 2 unspecified atom stereocenters. The molecular weight excluding hydrogens is 194 g/mol. The van der Waals surface area contributed by atoms with Gasteiger partial charge >= 0.3 is 0 Å². The molecule has 0 bridgehead atoms. The van der Waals surface area contributed by atoms with Crippen molar-refractivity contribution in [2.24, 2.45) is 0 Å². The van der Waals surface area contributed by atoms with Crippen molar-refractivity contribution in [1.82, 2.24) is 4.98 Å². The third kappa shape index (κ3) is 3.31. The number of hydrogen-bond acceptors (Lipinski definition) is 3. The lowest BCUT2D eigenvalue weighted by atomic mass is 10.2. The van der Waals surface area contributed by atoms with Crippen LogP contribution in [-0.2, 0) is 0 Å². The standard InChI is InChI=1S/C11H17NOS/c1-4-8(2)14-11-7-10(9(3)13)5-6-12-11/h5-9,13H,4H2,1-3H3. The Balaban J connectivity index is 2.73. The molecule has 78 valence electrons. The maximum atomic E-state index is 9.40. The van der Waals surface area contributed by atoms with Gasteiger partial charge in [0.25, 0.3) is 0 Å². The van der Waals surface area contributed by atoms with Crippen LogP contribution >= 0.6 is 11.8 Å². The third-order valence-electron chi connectivity index (χ3n) is 2.14. The smallest absolute Gasteiger partial charge is 0.0966 e. The summed E-state index contributed by atoms with van der Waals surface area (Å²) in [6.07, 6.45) is 2.48. The van der Waals surface area contributed by atoms with Crippen LogP contribution in [-0.4, -0.2) is 15.3 Å². The molecular formula is C11H17NOS. The van der Waals surface area contributed by atoms with Crippen LogP contribution in [0.4, 0.5) is 0 Å². The van der Waals surface area contributed by atoms with Crippen molar-refractivity contribution in [2.45, 2.75) is 43.6 Å². The molecule has 0 radical (unpaired) electrons. The van der Waals surface area contributed by atoms with E-state index in [-0.39, 0.29) is 0 Å². The monoisotopic (exact) mass is 211 g/mol.